The van der Waals surface area contributed by atoms with Crippen LogP contribution in [0, 0.1) is 11.8 Å². The van der Waals surface area contributed by atoms with Gasteiger partial charge in [0.25, 0.3) is 0 Å². The lowest BCUT2D eigenvalue weighted by atomic mass is 9.98. The van der Waals surface area contributed by atoms with E-state index in [-0.39, 0.29) is 0 Å². The average Bonchev–Trinajstić information content (AvgIpc) is 2.79. The van der Waals surface area contributed by atoms with Crippen LogP contribution in [0.25, 0.3) is 0 Å². The van der Waals surface area contributed by atoms with E-state index in [9.17, 15) is 0 Å². The fourth-order valence-electron chi connectivity index (χ4n) is 3.77. The van der Waals surface area contributed by atoms with Gasteiger partial charge in [-0.2, -0.15) is 0 Å². The molecule has 4 heteroatoms. The maximum atomic E-state index is 2.62. The van der Waals surface area contributed by atoms with Crippen molar-refractivity contribution < 1.29 is 0 Å². The highest BCUT2D eigenvalue weighted by Gasteiger charge is 2.35. The Bertz CT molecular complexity index is 372. The van der Waals surface area contributed by atoms with Crippen LogP contribution >= 0.6 is 0 Å². The predicted molar refractivity (Wildman–Crippen MR) is 111 cm³/mol. The molecule has 2 aliphatic rings. The number of rotatable bonds is 2. The summed E-state index contributed by atoms with van der Waals surface area (Å²) in [6.07, 6.45) is 0. The summed E-state index contributed by atoms with van der Waals surface area (Å²) in [6, 6.07) is 0. The zero-order valence-electron chi connectivity index (χ0n) is 18.9. The van der Waals surface area contributed by atoms with Crippen LogP contribution < -0.4 is 0 Å². The van der Waals surface area contributed by atoms with E-state index in [4.69, 9.17) is 0 Å². The van der Waals surface area contributed by atoms with Crippen molar-refractivity contribution in [3.8, 4) is 0 Å². The average molecular weight is 355 g/mol. The molecule has 2 heterocycles. The van der Waals surface area contributed by atoms with Crippen LogP contribution in [-0.4, -0.2) is 97.6 Å². The highest BCUT2D eigenvalue weighted by atomic mass is 15.3. The second kappa shape index (κ2) is 9.16. The molecule has 4 nitrogen and oxygen atoms in total. The van der Waals surface area contributed by atoms with E-state index < -0.39 is 0 Å². The van der Waals surface area contributed by atoms with Crippen molar-refractivity contribution in [2.24, 2.45) is 11.8 Å². The van der Waals surface area contributed by atoms with Crippen LogP contribution in [0.15, 0.2) is 0 Å². The van der Waals surface area contributed by atoms with Crippen LogP contribution in [-0.2, 0) is 0 Å². The maximum Gasteiger partial charge on any atom is 0.0126 e. The molecule has 0 saturated carbocycles. The topological polar surface area (TPSA) is 13.0 Å². The molecule has 0 aromatic carbocycles. The van der Waals surface area contributed by atoms with Crippen molar-refractivity contribution in [2.75, 3.05) is 67.0 Å². The minimum atomic E-state index is 0.343. The monoisotopic (exact) mass is 354 g/mol. The van der Waals surface area contributed by atoms with Crippen molar-refractivity contribution in [2.45, 2.75) is 59.5 Å². The van der Waals surface area contributed by atoms with E-state index in [2.05, 4.69) is 89.2 Å². The lowest BCUT2D eigenvalue weighted by Gasteiger charge is -2.41. The number of hydrogen-bond acceptors (Lipinski definition) is 4. The lowest BCUT2D eigenvalue weighted by molar-refractivity contribution is 0.0735. The molecule has 0 spiro atoms. The molecule has 2 rings (SSSR count). The number of likely N-dealkylation sites (tertiary alicyclic amines) is 1. The Morgan fingerprint density at radius 3 is 1.64 bits per heavy atom. The normalized spacial score (nSPS) is 27.5. The third-order valence-corrected chi connectivity index (χ3v) is 5.77. The smallest absolute Gasteiger partial charge is 0.0126 e. The van der Waals surface area contributed by atoms with Gasteiger partial charge in [0.1, 0.15) is 0 Å². The third-order valence-electron chi connectivity index (χ3n) is 5.77. The van der Waals surface area contributed by atoms with Gasteiger partial charge in [0.2, 0.25) is 0 Å². The summed E-state index contributed by atoms with van der Waals surface area (Å²) in [5, 5.41) is 0. The second-order valence-corrected chi connectivity index (χ2v) is 10.5. The van der Waals surface area contributed by atoms with Crippen LogP contribution in [0.4, 0.5) is 0 Å². The van der Waals surface area contributed by atoms with Gasteiger partial charge in [-0.15, -0.1) is 0 Å². The van der Waals surface area contributed by atoms with Gasteiger partial charge in [-0.25, -0.2) is 0 Å². The van der Waals surface area contributed by atoms with Crippen LogP contribution in [0.2, 0.25) is 0 Å². The van der Waals surface area contributed by atoms with Crippen molar-refractivity contribution in [1.29, 1.82) is 0 Å². The van der Waals surface area contributed by atoms with E-state index in [1.807, 2.05) is 0 Å². The molecular weight excluding hydrogens is 308 g/mol. The highest BCUT2D eigenvalue weighted by Crippen LogP contribution is 2.29. The van der Waals surface area contributed by atoms with Gasteiger partial charge in [-0.05, 0) is 74.5 Å². The van der Waals surface area contributed by atoms with Gasteiger partial charge in [-0.1, -0.05) is 6.92 Å². The lowest BCUT2D eigenvalue weighted by Crippen LogP contribution is -2.52. The molecule has 0 N–H and O–H groups in total. The van der Waals surface area contributed by atoms with E-state index in [1.54, 1.807) is 0 Å². The van der Waals surface area contributed by atoms with Crippen molar-refractivity contribution in [1.82, 2.24) is 19.6 Å². The Morgan fingerprint density at radius 1 is 0.800 bits per heavy atom. The summed E-state index contributed by atoms with van der Waals surface area (Å²) < 4.78 is 0. The summed E-state index contributed by atoms with van der Waals surface area (Å²) in [6.45, 7) is 24.9. The van der Waals surface area contributed by atoms with Gasteiger partial charge in [0.15, 0.2) is 0 Å². The molecule has 0 amide bonds. The van der Waals surface area contributed by atoms with Gasteiger partial charge < -0.3 is 9.80 Å². The fraction of sp³-hybridized carbons (Fsp3) is 1.00. The summed E-state index contributed by atoms with van der Waals surface area (Å²) in [4.78, 5) is 9.87. The summed E-state index contributed by atoms with van der Waals surface area (Å²) in [5.74, 6) is 1.70. The van der Waals surface area contributed by atoms with Gasteiger partial charge in [0.05, 0.1) is 0 Å². The fourth-order valence-corrected chi connectivity index (χ4v) is 3.77. The van der Waals surface area contributed by atoms with Crippen LogP contribution in [0.5, 0.6) is 0 Å². The molecule has 2 atom stereocenters. The first kappa shape index (κ1) is 22.9. The molecule has 0 radical (unpaired) electrons. The molecule has 0 aromatic rings. The predicted octanol–water partition coefficient (Wildman–Crippen LogP) is 2.95. The Balaban J connectivity index is 0.000000257. The van der Waals surface area contributed by atoms with E-state index in [1.165, 1.54) is 45.8 Å². The SMILES string of the molecule is CC1CN(C(C)(C)C)CC1CN(C)C.CN1CCN(C(C)(C)C)CC1. The minimum absolute atomic E-state index is 0.343. The molecule has 0 aromatic heterocycles. The van der Waals surface area contributed by atoms with Crippen molar-refractivity contribution in [3.63, 3.8) is 0 Å². The Kier molecular flexibility index (Phi) is 8.39. The summed E-state index contributed by atoms with van der Waals surface area (Å²) in [7, 11) is 6.54. The zero-order valence-corrected chi connectivity index (χ0v) is 18.9. The minimum Gasteiger partial charge on any atom is -0.309 e. The van der Waals surface area contributed by atoms with Gasteiger partial charge in [0, 0.05) is 56.9 Å². The first-order valence-electron chi connectivity index (χ1n) is 10.1. The maximum absolute atomic E-state index is 2.62. The standard InChI is InChI=1S/C12H26N2.C9H20N2/c1-10-7-14(12(2,3)4)9-11(10)8-13(5)6;1-9(2,3)11-7-5-10(4)6-8-11/h10-11H,7-9H2,1-6H3;5-8H2,1-4H3. The molecule has 0 bridgehead atoms. The zero-order chi connectivity index (χ0) is 19.4. The van der Waals surface area contributed by atoms with Crippen LogP contribution in [0.1, 0.15) is 48.5 Å². The summed E-state index contributed by atoms with van der Waals surface area (Å²) >= 11 is 0. The quantitative estimate of drug-likeness (QED) is 0.756. The number of piperazine rings is 1. The Labute approximate surface area is 158 Å². The molecule has 0 aliphatic carbocycles. The summed E-state index contributed by atoms with van der Waals surface area (Å²) in [5.41, 5.74) is 0.705. The largest absolute Gasteiger partial charge is 0.309 e. The number of hydrogen-bond donors (Lipinski definition) is 0. The molecule has 2 unspecified atom stereocenters. The van der Waals surface area contributed by atoms with E-state index >= 15 is 0 Å². The van der Waals surface area contributed by atoms with Crippen LogP contribution in [0.3, 0.4) is 0 Å². The highest BCUT2D eigenvalue weighted by molar-refractivity contribution is 4.89. The van der Waals surface area contributed by atoms with Crippen molar-refractivity contribution in [3.05, 3.63) is 0 Å². The molecule has 2 fully saturated rings. The Hall–Kier alpha value is -0.160. The molecule has 25 heavy (non-hydrogen) atoms. The van der Waals surface area contributed by atoms with E-state index in [0.717, 1.165) is 11.8 Å². The second-order valence-electron chi connectivity index (χ2n) is 10.5. The van der Waals surface area contributed by atoms with Gasteiger partial charge >= 0.3 is 0 Å². The third kappa shape index (κ3) is 7.94. The first-order valence-corrected chi connectivity index (χ1v) is 10.1. The number of likely N-dealkylation sites (N-methyl/N-ethyl adjacent to an activating group) is 1. The first-order chi connectivity index (χ1) is 11.3. The molecule has 2 saturated heterocycles. The Morgan fingerprint density at radius 2 is 1.28 bits per heavy atom. The van der Waals surface area contributed by atoms with Crippen molar-refractivity contribution >= 4 is 0 Å². The van der Waals surface area contributed by atoms with E-state index in [0.29, 0.717) is 11.1 Å². The molecular formula is C21H46N4. The van der Waals surface area contributed by atoms with Gasteiger partial charge in [-0.3, -0.25) is 9.80 Å². The molecule has 150 valence electrons. The number of nitrogens with zero attached hydrogens (tertiary/aromatic N) is 4. The molecule has 2 aliphatic heterocycles.